The van der Waals surface area contributed by atoms with Gasteiger partial charge in [-0.3, -0.25) is 13.8 Å². The summed E-state index contributed by atoms with van der Waals surface area (Å²) in [6.45, 7) is -0.525. The van der Waals surface area contributed by atoms with Gasteiger partial charge in [-0.2, -0.15) is 0 Å². The van der Waals surface area contributed by atoms with E-state index in [1.165, 1.54) is 48.5 Å². The van der Waals surface area contributed by atoms with Crippen molar-refractivity contribution in [1.29, 1.82) is 0 Å². The zero-order valence-corrected chi connectivity index (χ0v) is 24.6. The molecule has 0 aliphatic heterocycles. The van der Waals surface area contributed by atoms with E-state index in [-0.39, 0.29) is 36.9 Å². The monoisotopic (exact) mass is 667 g/mol. The van der Waals surface area contributed by atoms with Crippen LogP contribution >= 0.6 is 39.1 Å². The van der Waals surface area contributed by atoms with Crippen molar-refractivity contribution < 1.29 is 21.6 Å². The van der Waals surface area contributed by atoms with Crippen molar-refractivity contribution in [2.45, 2.75) is 9.79 Å². The zero-order chi connectivity index (χ0) is 28.2. The number of hydrogen-bond donors (Lipinski definition) is 2. The van der Waals surface area contributed by atoms with Crippen LogP contribution in [0.3, 0.4) is 0 Å². The molecular weight excluding hydrogens is 649 g/mol. The van der Waals surface area contributed by atoms with Crippen molar-refractivity contribution in [3.05, 3.63) is 112 Å². The number of amides is 1. The van der Waals surface area contributed by atoms with Crippen molar-refractivity contribution in [1.82, 2.24) is 0 Å². The molecule has 1 amide bonds. The largest absolute Gasteiger partial charge is 0.325 e. The van der Waals surface area contributed by atoms with E-state index >= 15 is 0 Å². The maximum atomic E-state index is 13.4. The Hall–Kier alpha value is -3.09. The minimum atomic E-state index is -4.08. The summed E-state index contributed by atoms with van der Waals surface area (Å²) in [6.07, 6.45) is 0. The van der Waals surface area contributed by atoms with Gasteiger partial charge in [0.2, 0.25) is 5.91 Å². The van der Waals surface area contributed by atoms with Crippen LogP contribution in [0.25, 0.3) is 0 Å². The molecule has 0 aromatic heterocycles. The topological polar surface area (TPSA) is 113 Å². The quantitative estimate of drug-likeness (QED) is 0.215. The highest BCUT2D eigenvalue weighted by atomic mass is 79.9. The molecule has 0 saturated heterocycles. The van der Waals surface area contributed by atoms with Gasteiger partial charge in [0.1, 0.15) is 6.54 Å². The van der Waals surface area contributed by atoms with Gasteiger partial charge in [-0.25, -0.2) is 16.8 Å². The fraction of sp³-hybridized carbons (Fsp3) is 0.0385. The molecule has 4 aromatic carbocycles. The van der Waals surface area contributed by atoms with Crippen molar-refractivity contribution >= 4 is 82.1 Å². The number of hydrogen-bond acceptors (Lipinski definition) is 5. The third-order valence-electron chi connectivity index (χ3n) is 5.36. The molecule has 13 heteroatoms. The van der Waals surface area contributed by atoms with Crippen molar-refractivity contribution in [2.75, 3.05) is 20.9 Å². The molecule has 0 fully saturated rings. The van der Waals surface area contributed by atoms with E-state index in [0.717, 1.165) is 4.31 Å². The van der Waals surface area contributed by atoms with Crippen LogP contribution in [0.1, 0.15) is 0 Å². The van der Waals surface area contributed by atoms with E-state index in [0.29, 0.717) is 4.47 Å². The van der Waals surface area contributed by atoms with Gasteiger partial charge in [0.15, 0.2) is 0 Å². The fourth-order valence-electron chi connectivity index (χ4n) is 3.50. The maximum absolute atomic E-state index is 13.4. The maximum Gasteiger partial charge on any atom is 0.264 e. The van der Waals surface area contributed by atoms with Crippen LogP contribution < -0.4 is 14.3 Å². The Morgan fingerprint density at radius 1 is 0.795 bits per heavy atom. The number of nitrogens with one attached hydrogen (secondary N) is 2. The second-order valence-corrected chi connectivity index (χ2v) is 13.3. The van der Waals surface area contributed by atoms with E-state index < -0.39 is 32.5 Å². The van der Waals surface area contributed by atoms with E-state index in [2.05, 4.69) is 26.0 Å². The summed E-state index contributed by atoms with van der Waals surface area (Å²) >= 11 is 15.4. The first kappa shape index (κ1) is 28.9. The van der Waals surface area contributed by atoms with Crippen LogP contribution in [-0.2, 0) is 24.8 Å². The van der Waals surface area contributed by atoms with E-state index in [9.17, 15) is 21.6 Å². The predicted octanol–water partition coefficient (Wildman–Crippen LogP) is 6.39. The summed E-state index contributed by atoms with van der Waals surface area (Å²) in [5.74, 6) is -0.631. The first-order valence-corrected chi connectivity index (χ1v) is 15.6. The highest BCUT2D eigenvalue weighted by Gasteiger charge is 2.27. The summed E-state index contributed by atoms with van der Waals surface area (Å²) in [7, 11) is -8.08. The molecule has 4 aromatic rings. The summed E-state index contributed by atoms with van der Waals surface area (Å²) < 4.78 is 56.4. The van der Waals surface area contributed by atoms with Gasteiger partial charge >= 0.3 is 0 Å². The predicted molar refractivity (Wildman–Crippen MR) is 157 cm³/mol. The average molecular weight is 669 g/mol. The summed E-state index contributed by atoms with van der Waals surface area (Å²) in [5.41, 5.74) is 0.676. The van der Waals surface area contributed by atoms with Gasteiger partial charge in [0, 0.05) is 10.2 Å². The Morgan fingerprint density at radius 3 is 2.13 bits per heavy atom. The van der Waals surface area contributed by atoms with E-state index in [1.54, 1.807) is 48.5 Å². The number of carbonyl (C=O) groups is 1. The Kier molecular flexibility index (Phi) is 8.87. The third kappa shape index (κ3) is 6.92. The molecule has 0 radical (unpaired) electrons. The van der Waals surface area contributed by atoms with Gasteiger partial charge in [-0.1, -0.05) is 69.5 Å². The molecule has 0 aliphatic rings. The molecule has 39 heavy (non-hydrogen) atoms. The fourth-order valence-corrected chi connectivity index (χ4v) is 6.80. The minimum Gasteiger partial charge on any atom is -0.325 e. The lowest BCUT2D eigenvalue weighted by atomic mass is 10.3. The van der Waals surface area contributed by atoms with Gasteiger partial charge in [0.25, 0.3) is 20.0 Å². The van der Waals surface area contributed by atoms with Crippen molar-refractivity contribution in [3.63, 3.8) is 0 Å². The number of benzene rings is 4. The summed E-state index contributed by atoms with van der Waals surface area (Å²) in [6, 6.07) is 24.3. The number of anilines is 3. The Balaban J connectivity index is 1.53. The Labute approximate surface area is 244 Å². The van der Waals surface area contributed by atoms with Gasteiger partial charge in [-0.15, -0.1) is 0 Å². The lowest BCUT2D eigenvalue weighted by Gasteiger charge is -2.24. The molecule has 8 nitrogen and oxygen atoms in total. The molecule has 4 rings (SSSR count). The van der Waals surface area contributed by atoms with E-state index in [1.807, 2.05) is 0 Å². The van der Waals surface area contributed by atoms with Gasteiger partial charge in [-0.05, 0) is 66.7 Å². The zero-order valence-electron chi connectivity index (χ0n) is 19.9. The second kappa shape index (κ2) is 12.0. The van der Waals surface area contributed by atoms with Crippen LogP contribution in [0, 0.1) is 0 Å². The Morgan fingerprint density at radius 2 is 1.46 bits per heavy atom. The van der Waals surface area contributed by atoms with Crippen LogP contribution in [0.15, 0.2) is 111 Å². The van der Waals surface area contributed by atoms with Crippen LogP contribution in [-0.4, -0.2) is 29.3 Å². The van der Waals surface area contributed by atoms with Gasteiger partial charge < -0.3 is 5.32 Å². The first-order chi connectivity index (χ1) is 18.5. The number of halogens is 3. The Bertz CT molecular complexity index is 1720. The number of rotatable bonds is 9. The molecule has 0 saturated carbocycles. The minimum absolute atomic E-state index is 0.0274. The third-order valence-corrected chi connectivity index (χ3v) is 9.84. The molecule has 0 atom stereocenters. The van der Waals surface area contributed by atoms with Crippen LogP contribution in [0.5, 0.6) is 0 Å². The number of carbonyl (C=O) groups excluding carboxylic acids is 1. The molecule has 0 heterocycles. The molecule has 0 unspecified atom stereocenters. The average Bonchev–Trinajstić information content (AvgIpc) is 2.90. The molecular formula is C26H20BrCl2N3O5S2. The lowest BCUT2D eigenvalue weighted by molar-refractivity contribution is -0.114. The summed E-state index contributed by atoms with van der Waals surface area (Å²) in [5, 5.41) is 2.87. The lowest BCUT2D eigenvalue weighted by Crippen LogP contribution is -2.38. The summed E-state index contributed by atoms with van der Waals surface area (Å²) in [4.78, 5) is 12.9. The first-order valence-electron chi connectivity index (χ1n) is 11.2. The number of nitrogens with zero attached hydrogens (tertiary/aromatic N) is 1. The van der Waals surface area contributed by atoms with Gasteiger partial charge in [0.05, 0.1) is 31.2 Å². The molecule has 2 N–H and O–H groups in total. The van der Waals surface area contributed by atoms with Crippen molar-refractivity contribution in [3.8, 4) is 0 Å². The molecule has 0 aliphatic carbocycles. The molecule has 0 spiro atoms. The highest BCUT2D eigenvalue weighted by Crippen LogP contribution is 2.31. The second-order valence-electron chi connectivity index (χ2n) is 8.08. The highest BCUT2D eigenvalue weighted by molar-refractivity contribution is 9.10. The molecule has 202 valence electrons. The smallest absolute Gasteiger partial charge is 0.264 e. The number of sulfonamides is 2. The van der Waals surface area contributed by atoms with Crippen molar-refractivity contribution in [2.24, 2.45) is 0 Å². The van der Waals surface area contributed by atoms with Crippen LogP contribution in [0.2, 0.25) is 10.0 Å². The SMILES string of the molecule is O=C(CN(c1cccc(Br)c1)S(=O)(=O)c1ccccc1)Nc1ccc(S(=O)(=O)Nc2cccc(Cl)c2Cl)cc1. The van der Waals surface area contributed by atoms with E-state index in [4.69, 9.17) is 23.2 Å². The normalized spacial score (nSPS) is 11.6. The van der Waals surface area contributed by atoms with Crippen LogP contribution in [0.4, 0.5) is 17.1 Å². The molecule has 0 bridgehead atoms. The standard InChI is InChI=1S/C26H20BrCl2N3O5S2/c27-18-6-4-7-20(16-18)32(39(36,37)22-8-2-1-3-9-22)17-25(33)30-19-12-14-21(15-13-19)38(34,35)31-24-11-5-10-23(28)26(24)29/h1-16,31H,17H2,(H,30,33).